The maximum atomic E-state index is 10.2. The molecule has 0 aromatic carbocycles. The van der Waals surface area contributed by atoms with Gasteiger partial charge in [0.1, 0.15) is 16.6 Å². The normalized spacial score (nSPS) is 15.1. The van der Waals surface area contributed by atoms with Crippen LogP contribution in [0.1, 0.15) is 21.1 Å². The zero-order chi connectivity index (χ0) is 15.0. The molecule has 2 aromatic rings. The van der Waals surface area contributed by atoms with E-state index in [-0.39, 0.29) is 5.76 Å². The van der Waals surface area contributed by atoms with Crippen molar-refractivity contribution in [3.8, 4) is 0 Å². The Kier molecular flexibility index (Phi) is 3.47. The minimum atomic E-state index is 0.225. The second-order valence-corrected chi connectivity index (χ2v) is 6.25. The lowest BCUT2D eigenvalue weighted by Gasteiger charge is -2.18. The smallest absolute Gasteiger partial charge is 0.135 e. The molecule has 108 valence electrons. The molecule has 0 fully saturated rings. The van der Waals surface area contributed by atoms with Gasteiger partial charge in [0.15, 0.2) is 0 Å². The first kappa shape index (κ1) is 13.8. The number of hydrogen-bond donors (Lipinski definition) is 2. The lowest BCUT2D eigenvalue weighted by Crippen LogP contribution is -2.26. The number of rotatable bonds is 3. The Morgan fingerprint density at radius 2 is 2.05 bits per heavy atom. The van der Waals surface area contributed by atoms with E-state index >= 15 is 0 Å². The molecule has 5 nitrogen and oxygen atoms in total. The van der Waals surface area contributed by atoms with Crippen LogP contribution in [0.25, 0.3) is 5.57 Å². The number of pyridine rings is 1. The monoisotopic (exact) mass is 300 g/mol. The molecule has 0 amide bonds. The second kappa shape index (κ2) is 5.29. The number of thiazole rings is 1. The molecule has 0 spiro atoms. The average molecular weight is 300 g/mol. The Morgan fingerprint density at radius 1 is 1.33 bits per heavy atom. The van der Waals surface area contributed by atoms with Gasteiger partial charge in [-0.3, -0.25) is 10.4 Å². The second-order valence-electron chi connectivity index (χ2n) is 5.04. The van der Waals surface area contributed by atoms with Crippen LogP contribution in [-0.4, -0.2) is 32.4 Å². The molecular weight excluding hydrogens is 284 g/mol. The molecule has 21 heavy (non-hydrogen) atoms. The van der Waals surface area contributed by atoms with Gasteiger partial charge in [-0.15, -0.1) is 11.3 Å². The van der Waals surface area contributed by atoms with Crippen molar-refractivity contribution in [2.45, 2.75) is 20.4 Å². The molecule has 6 heteroatoms. The Labute approximate surface area is 127 Å². The summed E-state index contributed by atoms with van der Waals surface area (Å²) in [6.07, 6.45) is 3.47. The molecule has 0 saturated carbocycles. The molecule has 0 atom stereocenters. The highest BCUT2D eigenvalue weighted by atomic mass is 32.1. The molecule has 0 bridgehead atoms. The summed E-state index contributed by atoms with van der Waals surface area (Å²) in [5, 5.41) is 19.3. The fourth-order valence-corrected chi connectivity index (χ4v) is 3.26. The van der Waals surface area contributed by atoms with Crippen molar-refractivity contribution in [2.75, 3.05) is 6.54 Å². The minimum Gasteiger partial charge on any atom is -0.510 e. The Morgan fingerprint density at radius 3 is 2.67 bits per heavy atom. The van der Waals surface area contributed by atoms with Gasteiger partial charge in [-0.05, 0) is 31.5 Å². The zero-order valence-electron chi connectivity index (χ0n) is 11.9. The third kappa shape index (κ3) is 2.54. The number of aryl methyl sites for hydroxylation is 2. The Bertz CT molecular complexity index is 701. The van der Waals surface area contributed by atoms with Crippen molar-refractivity contribution in [3.63, 3.8) is 0 Å². The van der Waals surface area contributed by atoms with E-state index in [9.17, 15) is 5.11 Å². The van der Waals surface area contributed by atoms with Crippen molar-refractivity contribution in [1.29, 1.82) is 5.41 Å². The van der Waals surface area contributed by atoms with Gasteiger partial charge in [0.2, 0.25) is 0 Å². The number of aromatic nitrogens is 2. The van der Waals surface area contributed by atoms with Gasteiger partial charge < -0.3 is 10.0 Å². The van der Waals surface area contributed by atoms with E-state index in [2.05, 4.69) is 9.97 Å². The summed E-state index contributed by atoms with van der Waals surface area (Å²) in [6, 6.07) is 3.83. The van der Waals surface area contributed by atoms with E-state index in [0.29, 0.717) is 24.5 Å². The lowest BCUT2D eigenvalue weighted by molar-refractivity contribution is 0.347. The molecule has 0 unspecified atom stereocenters. The average Bonchev–Trinajstić information content (AvgIpc) is 2.92. The van der Waals surface area contributed by atoms with E-state index in [1.54, 1.807) is 12.4 Å². The predicted octanol–water partition coefficient (Wildman–Crippen LogP) is 2.92. The highest BCUT2D eigenvalue weighted by molar-refractivity contribution is 7.13. The number of hydrogen-bond acceptors (Lipinski definition) is 5. The topological polar surface area (TPSA) is 73.1 Å². The molecule has 1 aliphatic heterocycles. The quantitative estimate of drug-likeness (QED) is 0.914. The number of aliphatic hydroxyl groups excluding tert-OH is 1. The minimum absolute atomic E-state index is 0.225. The van der Waals surface area contributed by atoms with E-state index in [1.807, 2.05) is 30.9 Å². The summed E-state index contributed by atoms with van der Waals surface area (Å²) < 4.78 is 0. The molecular formula is C15H16N4OS. The first-order chi connectivity index (χ1) is 10.1. The van der Waals surface area contributed by atoms with Crippen LogP contribution >= 0.6 is 11.3 Å². The molecule has 3 heterocycles. The summed E-state index contributed by atoms with van der Waals surface area (Å²) in [5.74, 6) is 0.556. The van der Waals surface area contributed by atoms with Gasteiger partial charge in [-0.25, -0.2) is 4.98 Å². The first-order valence-electron chi connectivity index (χ1n) is 6.65. The van der Waals surface area contributed by atoms with Crippen molar-refractivity contribution in [2.24, 2.45) is 0 Å². The van der Waals surface area contributed by atoms with E-state index < -0.39 is 0 Å². The summed E-state index contributed by atoms with van der Waals surface area (Å²) in [6.45, 7) is 4.88. The molecule has 1 aliphatic rings. The third-order valence-electron chi connectivity index (χ3n) is 3.55. The summed E-state index contributed by atoms with van der Waals surface area (Å²) >= 11 is 1.52. The standard InChI is InChI=1S/C15H16N4OS/c1-9-10(2)21-15(18-9)13-12(20)8-19(14(13)16)7-11-3-5-17-6-4-11/h3-6,16,20H,7-8H2,1-2H3. The maximum absolute atomic E-state index is 10.2. The fourth-order valence-electron chi connectivity index (χ4n) is 2.28. The fraction of sp³-hybridized carbons (Fsp3) is 0.267. The van der Waals surface area contributed by atoms with Gasteiger partial charge in [-0.1, -0.05) is 0 Å². The van der Waals surface area contributed by atoms with Gasteiger partial charge in [0.25, 0.3) is 0 Å². The molecule has 3 rings (SSSR count). The van der Waals surface area contributed by atoms with Crippen molar-refractivity contribution in [1.82, 2.24) is 14.9 Å². The Hall–Kier alpha value is -2.21. The number of aliphatic hydroxyl groups is 1. The van der Waals surface area contributed by atoms with Crippen molar-refractivity contribution >= 4 is 22.7 Å². The van der Waals surface area contributed by atoms with Crippen molar-refractivity contribution < 1.29 is 5.11 Å². The van der Waals surface area contributed by atoms with Crippen LogP contribution < -0.4 is 0 Å². The zero-order valence-corrected chi connectivity index (χ0v) is 12.7. The largest absolute Gasteiger partial charge is 0.510 e. The van der Waals surface area contributed by atoms with Crippen molar-refractivity contribution in [3.05, 3.63) is 51.4 Å². The molecule has 2 N–H and O–H groups in total. The Balaban J connectivity index is 1.84. The van der Waals surface area contributed by atoms with Gasteiger partial charge in [-0.2, -0.15) is 0 Å². The predicted molar refractivity (Wildman–Crippen MR) is 83.5 cm³/mol. The van der Waals surface area contributed by atoms with Crippen LogP contribution in [0, 0.1) is 19.3 Å². The first-order valence-corrected chi connectivity index (χ1v) is 7.47. The van der Waals surface area contributed by atoms with Gasteiger partial charge in [0.05, 0.1) is 17.8 Å². The highest BCUT2D eigenvalue weighted by Gasteiger charge is 2.30. The van der Waals surface area contributed by atoms with E-state index in [1.165, 1.54) is 11.3 Å². The van der Waals surface area contributed by atoms with Crippen LogP contribution in [-0.2, 0) is 6.54 Å². The number of nitrogens with one attached hydrogen (secondary N) is 1. The van der Waals surface area contributed by atoms with Gasteiger partial charge >= 0.3 is 0 Å². The van der Waals surface area contributed by atoms with Crippen LogP contribution in [0.5, 0.6) is 0 Å². The molecule has 2 aromatic heterocycles. The summed E-state index contributed by atoms with van der Waals surface area (Å²) in [4.78, 5) is 11.4. The SMILES string of the molecule is Cc1nc(C2=C(O)CN(Cc3ccncc3)C2=N)sc1C. The number of nitrogens with zero attached hydrogens (tertiary/aromatic N) is 3. The summed E-state index contributed by atoms with van der Waals surface area (Å²) in [7, 11) is 0. The van der Waals surface area contributed by atoms with E-state index in [0.717, 1.165) is 21.1 Å². The molecule has 0 aliphatic carbocycles. The number of amidine groups is 1. The highest BCUT2D eigenvalue weighted by Crippen LogP contribution is 2.31. The van der Waals surface area contributed by atoms with Gasteiger partial charge in [0, 0.05) is 23.8 Å². The van der Waals surface area contributed by atoms with Crippen LogP contribution in [0.4, 0.5) is 0 Å². The third-order valence-corrected chi connectivity index (χ3v) is 4.64. The van der Waals surface area contributed by atoms with Crippen LogP contribution in [0.2, 0.25) is 0 Å². The summed E-state index contributed by atoms with van der Waals surface area (Å²) in [5.41, 5.74) is 2.58. The maximum Gasteiger partial charge on any atom is 0.135 e. The van der Waals surface area contributed by atoms with Crippen LogP contribution in [0.3, 0.4) is 0 Å². The molecule has 0 radical (unpaired) electrons. The lowest BCUT2D eigenvalue weighted by atomic mass is 10.2. The molecule has 0 saturated heterocycles. The van der Waals surface area contributed by atoms with Crippen LogP contribution in [0.15, 0.2) is 30.3 Å². The van der Waals surface area contributed by atoms with E-state index in [4.69, 9.17) is 5.41 Å².